The van der Waals surface area contributed by atoms with Crippen LogP contribution in [-0.4, -0.2) is 36.4 Å². The molecule has 65 heavy (non-hydrogen) atoms. The fraction of sp³-hybridized carbons (Fsp3) is 0.667. The molecule has 0 heterocycles. The first-order valence-corrected chi connectivity index (χ1v) is 26.9. The van der Waals surface area contributed by atoms with Crippen LogP contribution >= 0.6 is 0 Å². The third-order valence-electron chi connectivity index (χ3n) is 11.3. The van der Waals surface area contributed by atoms with E-state index in [1.54, 1.807) is 0 Å². The molecule has 0 saturated carbocycles. The summed E-state index contributed by atoms with van der Waals surface area (Å²) in [6.45, 7) is 3.95. The van der Waals surface area contributed by atoms with E-state index in [9.17, 15) is 14.7 Å². The van der Waals surface area contributed by atoms with Gasteiger partial charge in [0.05, 0.1) is 6.61 Å². The lowest BCUT2D eigenvalue weighted by Crippen LogP contribution is -2.28. The molecule has 0 bridgehead atoms. The third kappa shape index (κ3) is 53.1. The van der Waals surface area contributed by atoms with Gasteiger partial charge in [-0.3, -0.25) is 9.59 Å². The van der Waals surface area contributed by atoms with Gasteiger partial charge in [-0.25, -0.2) is 0 Å². The van der Waals surface area contributed by atoms with Crippen LogP contribution in [-0.2, 0) is 19.1 Å². The zero-order valence-corrected chi connectivity index (χ0v) is 42.2. The Morgan fingerprint density at radius 3 is 1.02 bits per heavy atom. The molecular weight excluding hydrogens is 801 g/mol. The summed E-state index contributed by atoms with van der Waals surface area (Å²) in [5.41, 5.74) is 0. The lowest BCUT2D eigenvalue weighted by molar-refractivity contribution is -0.161. The smallest absolute Gasteiger partial charge is 0.306 e. The Bertz CT molecular complexity index is 1290. The van der Waals surface area contributed by atoms with Gasteiger partial charge in [-0.05, 0) is 96.3 Å². The Kier molecular flexibility index (Phi) is 52.0. The first-order chi connectivity index (χ1) is 32.1. The molecule has 0 aliphatic rings. The minimum Gasteiger partial charge on any atom is -0.462 e. The number of carbonyl (C=O) groups excluding carboxylic acids is 2. The summed E-state index contributed by atoms with van der Waals surface area (Å²) in [5, 5.41) is 9.58. The van der Waals surface area contributed by atoms with Gasteiger partial charge < -0.3 is 14.6 Å². The van der Waals surface area contributed by atoms with Crippen LogP contribution in [0, 0.1) is 0 Å². The summed E-state index contributed by atoms with van der Waals surface area (Å²) >= 11 is 0. The van der Waals surface area contributed by atoms with E-state index in [1.807, 2.05) is 0 Å². The van der Waals surface area contributed by atoms with Crippen molar-refractivity contribution in [2.24, 2.45) is 0 Å². The molecule has 0 aromatic carbocycles. The van der Waals surface area contributed by atoms with Crippen molar-refractivity contribution in [3.8, 4) is 0 Å². The molecule has 0 aromatic rings. The zero-order chi connectivity index (χ0) is 47.0. The van der Waals surface area contributed by atoms with Crippen molar-refractivity contribution in [2.45, 2.75) is 245 Å². The lowest BCUT2D eigenvalue weighted by Gasteiger charge is -2.15. The Morgan fingerprint density at radius 1 is 0.369 bits per heavy atom. The quantitative estimate of drug-likeness (QED) is 0.0374. The summed E-state index contributed by atoms with van der Waals surface area (Å²) in [4.78, 5) is 24.3. The highest BCUT2D eigenvalue weighted by atomic mass is 16.6. The molecule has 1 N–H and O–H groups in total. The number of ether oxygens (including phenoxy) is 2. The minimum absolute atomic E-state index is 0.0724. The molecule has 0 amide bonds. The molecule has 0 aliphatic heterocycles. The molecule has 0 saturated heterocycles. The van der Waals surface area contributed by atoms with Crippen molar-refractivity contribution >= 4 is 11.9 Å². The largest absolute Gasteiger partial charge is 0.462 e. The number of carbonyl (C=O) groups is 2. The first-order valence-electron chi connectivity index (χ1n) is 26.9. The molecule has 5 heteroatoms. The van der Waals surface area contributed by atoms with Crippen LogP contribution in [0.15, 0.2) is 109 Å². The van der Waals surface area contributed by atoms with Crippen LogP contribution in [0.25, 0.3) is 0 Å². The fourth-order valence-electron chi connectivity index (χ4n) is 7.28. The highest BCUT2D eigenvalue weighted by Crippen LogP contribution is 2.15. The Labute approximate surface area is 401 Å². The van der Waals surface area contributed by atoms with E-state index in [2.05, 4.69) is 123 Å². The average Bonchev–Trinajstić information content (AvgIpc) is 3.31. The van der Waals surface area contributed by atoms with Gasteiger partial charge >= 0.3 is 11.9 Å². The van der Waals surface area contributed by atoms with Crippen molar-refractivity contribution in [3.63, 3.8) is 0 Å². The summed E-state index contributed by atoms with van der Waals surface area (Å²) in [5.74, 6) is -0.604. The second-order valence-electron chi connectivity index (χ2n) is 17.6. The summed E-state index contributed by atoms with van der Waals surface area (Å²) in [6.07, 6.45) is 79.3. The average molecular weight is 901 g/mol. The first kappa shape index (κ1) is 61.6. The second kappa shape index (κ2) is 54.9. The number of allylic oxidation sites excluding steroid dienone is 18. The predicted molar refractivity (Wildman–Crippen MR) is 283 cm³/mol. The van der Waals surface area contributed by atoms with Gasteiger partial charge in [0.1, 0.15) is 6.61 Å². The van der Waals surface area contributed by atoms with Gasteiger partial charge in [0.2, 0.25) is 0 Å². The van der Waals surface area contributed by atoms with E-state index >= 15 is 0 Å². The normalized spacial score (nSPS) is 13.1. The summed E-state index contributed by atoms with van der Waals surface area (Å²) in [7, 11) is 0. The number of hydrogen-bond donors (Lipinski definition) is 1. The number of aliphatic hydroxyl groups excluding tert-OH is 1. The molecule has 370 valence electrons. The highest BCUT2D eigenvalue weighted by Gasteiger charge is 2.16. The monoisotopic (exact) mass is 901 g/mol. The van der Waals surface area contributed by atoms with E-state index < -0.39 is 6.10 Å². The number of rotatable bonds is 48. The fourth-order valence-corrected chi connectivity index (χ4v) is 7.28. The topological polar surface area (TPSA) is 72.8 Å². The van der Waals surface area contributed by atoms with Crippen molar-refractivity contribution in [1.29, 1.82) is 0 Å². The maximum Gasteiger partial charge on any atom is 0.306 e. The predicted octanol–water partition coefficient (Wildman–Crippen LogP) is 18.1. The van der Waals surface area contributed by atoms with E-state index in [0.717, 1.165) is 103 Å². The molecule has 0 aliphatic carbocycles. The van der Waals surface area contributed by atoms with Crippen LogP contribution in [0.3, 0.4) is 0 Å². The van der Waals surface area contributed by atoms with E-state index in [4.69, 9.17) is 9.47 Å². The Hall–Kier alpha value is -3.44. The standard InChI is InChI=1S/C60H100O5/c1-3-5-7-9-11-13-15-16-17-18-19-20-21-22-23-24-25-26-27-28-29-30-31-32-33-34-35-36-37-38-39-40-41-42-43-44-45-47-49-51-53-55-60(63)65-58(56-61)57-64-59(62)54-52-50-48-46-14-12-10-8-6-4-2/h5,7-8,10-11,13,16-17,19-20,22-23,25-26,28-29,31-32,58,61H,3-4,6,9,12,14-15,18,21,24,27,30,33-57H2,1-2H3/b7-5-,10-8-,13-11-,17-16-,20-19-,23-22-,26-25-,29-28-,32-31-. The maximum absolute atomic E-state index is 12.2. The SMILES string of the molecule is CC/C=C\C/C=C\C/C=C\C/C=C\C/C=C\C/C=C\C/C=C\C/C=C\CCCCCCCCCCCCCCCCCCC(=O)OC(CO)COC(=O)CCCCCCC/C=C\CCC. The number of unbranched alkanes of at least 4 members (excludes halogenated alkanes) is 22. The second-order valence-corrected chi connectivity index (χ2v) is 17.6. The molecule has 0 fully saturated rings. The Balaban J connectivity index is 3.49. The minimum atomic E-state index is -0.777. The van der Waals surface area contributed by atoms with E-state index in [0.29, 0.717) is 12.8 Å². The van der Waals surface area contributed by atoms with Crippen LogP contribution in [0.2, 0.25) is 0 Å². The molecule has 0 spiro atoms. The molecule has 1 unspecified atom stereocenters. The zero-order valence-electron chi connectivity index (χ0n) is 42.2. The van der Waals surface area contributed by atoms with Gasteiger partial charge in [0.25, 0.3) is 0 Å². The molecule has 5 nitrogen and oxygen atoms in total. The molecule has 0 radical (unpaired) electrons. The molecular formula is C60H100O5. The van der Waals surface area contributed by atoms with Gasteiger partial charge in [0, 0.05) is 12.8 Å². The van der Waals surface area contributed by atoms with Gasteiger partial charge in [0.15, 0.2) is 6.10 Å². The molecule has 0 rings (SSSR count). The van der Waals surface area contributed by atoms with Crippen molar-refractivity contribution < 1.29 is 24.2 Å². The van der Waals surface area contributed by atoms with Crippen molar-refractivity contribution in [2.75, 3.05) is 13.2 Å². The van der Waals surface area contributed by atoms with Crippen molar-refractivity contribution in [1.82, 2.24) is 0 Å². The van der Waals surface area contributed by atoms with E-state index in [-0.39, 0.29) is 25.2 Å². The molecule has 1 atom stereocenters. The maximum atomic E-state index is 12.2. The number of aliphatic hydroxyl groups is 1. The van der Waals surface area contributed by atoms with Crippen LogP contribution in [0.1, 0.15) is 239 Å². The molecule has 0 aromatic heterocycles. The van der Waals surface area contributed by atoms with Crippen LogP contribution in [0.5, 0.6) is 0 Å². The summed E-state index contributed by atoms with van der Waals surface area (Å²) < 4.78 is 10.6. The lowest BCUT2D eigenvalue weighted by atomic mass is 10.0. The van der Waals surface area contributed by atoms with Gasteiger partial charge in [-0.1, -0.05) is 239 Å². The van der Waals surface area contributed by atoms with Crippen molar-refractivity contribution in [3.05, 3.63) is 109 Å². The number of hydrogen-bond acceptors (Lipinski definition) is 5. The third-order valence-corrected chi connectivity index (χ3v) is 11.3. The van der Waals surface area contributed by atoms with Crippen LogP contribution < -0.4 is 0 Å². The number of esters is 2. The van der Waals surface area contributed by atoms with Crippen LogP contribution in [0.4, 0.5) is 0 Å². The van der Waals surface area contributed by atoms with Gasteiger partial charge in [-0.2, -0.15) is 0 Å². The van der Waals surface area contributed by atoms with E-state index in [1.165, 1.54) is 109 Å². The summed E-state index contributed by atoms with van der Waals surface area (Å²) in [6, 6.07) is 0. The Morgan fingerprint density at radius 2 is 0.662 bits per heavy atom. The van der Waals surface area contributed by atoms with Gasteiger partial charge in [-0.15, -0.1) is 0 Å². The highest BCUT2D eigenvalue weighted by molar-refractivity contribution is 5.70.